The molecule has 0 fully saturated rings. The van der Waals surface area contributed by atoms with Crippen molar-refractivity contribution >= 4 is 16.7 Å². The summed E-state index contributed by atoms with van der Waals surface area (Å²) in [6.45, 7) is 3.13. The molecule has 1 N–H and O–H groups in total. The quantitative estimate of drug-likeness (QED) is 0.787. The van der Waals surface area contributed by atoms with Gasteiger partial charge in [0.15, 0.2) is 0 Å². The summed E-state index contributed by atoms with van der Waals surface area (Å²) >= 11 is 0. The number of benzene rings is 2. The van der Waals surface area contributed by atoms with Gasteiger partial charge in [0.05, 0.1) is 23.3 Å². The molecular formula is C16H15F2N3. The summed E-state index contributed by atoms with van der Waals surface area (Å²) in [5.41, 5.74) is 2.08. The van der Waals surface area contributed by atoms with Crippen LogP contribution in [0.2, 0.25) is 0 Å². The van der Waals surface area contributed by atoms with Gasteiger partial charge in [0.2, 0.25) is 0 Å². The Kier molecular flexibility index (Phi) is 3.56. The third-order valence-corrected chi connectivity index (χ3v) is 3.42. The molecular weight excluding hydrogens is 272 g/mol. The van der Waals surface area contributed by atoms with Crippen molar-refractivity contribution in [3.63, 3.8) is 0 Å². The number of para-hydroxylation sites is 2. The number of nitrogens with one attached hydrogen (secondary N) is 1. The van der Waals surface area contributed by atoms with Crippen molar-refractivity contribution in [2.75, 3.05) is 5.32 Å². The van der Waals surface area contributed by atoms with Gasteiger partial charge in [-0.3, -0.25) is 0 Å². The molecule has 1 heterocycles. The zero-order valence-corrected chi connectivity index (χ0v) is 11.6. The maximum absolute atomic E-state index is 13.6. The fraction of sp³-hybridized carbons (Fsp3) is 0.188. The standard InChI is InChI=1S/C16H15F2N3/c1-2-21-15-6-4-3-5-13(15)20-16(21)10-19-14-9-11(17)7-8-12(14)18/h3-9,19H,2,10H2,1H3. The zero-order valence-electron chi connectivity index (χ0n) is 11.6. The molecule has 0 unspecified atom stereocenters. The third kappa shape index (κ3) is 2.59. The lowest BCUT2D eigenvalue weighted by Crippen LogP contribution is -2.09. The molecule has 0 radical (unpaired) electrons. The zero-order chi connectivity index (χ0) is 14.8. The van der Waals surface area contributed by atoms with E-state index in [2.05, 4.69) is 14.9 Å². The van der Waals surface area contributed by atoms with E-state index in [0.29, 0.717) is 6.54 Å². The van der Waals surface area contributed by atoms with E-state index < -0.39 is 11.6 Å². The van der Waals surface area contributed by atoms with E-state index in [4.69, 9.17) is 0 Å². The number of anilines is 1. The Morgan fingerprint density at radius 3 is 2.76 bits per heavy atom. The average Bonchev–Trinajstić information content (AvgIpc) is 2.85. The topological polar surface area (TPSA) is 29.9 Å². The largest absolute Gasteiger partial charge is 0.375 e. The molecule has 0 atom stereocenters. The molecule has 3 nitrogen and oxygen atoms in total. The Hall–Kier alpha value is -2.43. The van der Waals surface area contributed by atoms with Gasteiger partial charge in [0.25, 0.3) is 0 Å². The molecule has 108 valence electrons. The first kappa shape index (κ1) is 13.5. The Bertz CT molecular complexity index is 780. The molecule has 0 aliphatic heterocycles. The van der Waals surface area contributed by atoms with Gasteiger partial charge in [-0.05, 0) is 37.3 Å². The predicted octanol–water partition coefficient (Wildman–Crippen LogP) is 3.95. The van der Waals surface area contributed by atoms with E-state index in [1.165, 1.54) is 0 Å². The highest BCUT2D eigenvalue weighted by atomic mass is 19.1. The predicted molar refractivity (Wildman–Crippen MR) is 79.1 cm³/mol. The Labute approximate surface area is 121 Å². The molecule has 0 bridgehead atoms. The van der Waals surface area contributed by atoms with E-state index in [1.807, 2.05) is 31.2 Å². The van der Waals surface area contributed by atoms with Crippen molar-refractivity contribution in [1.29, 1.82) is 0 Å². The molecule has 1 aromatic heterocycles. The summed E-state index contributed by atoms with van der Waals surface area (Å²) in [6, 6.07) is 11.2. The summed E-state index contributed by atoms with van der Waals surface area (Å²) in [6.07, 6.45) is 0. The minimum Gasteiger partial charge on any atom is -0.375 e. The number of hydrogen-bond donors (Lipinski definition) is 1. The van der Waals surface area contributed by atoms with Crippen LogP contribution in [0.25, 0.3) is 11.0 Å². The van der Waals surface area contributed by atoms with Crippen LogP contribution in [0.3, 0.4) is 0 Å². The normalized spacial score (nSPS) is 11.0. The Morgan fingerprint density at radius 1 is 1.14 bits per heavy atom. The summed E-state index contributed by atoms with van der Waals surface area (Å²) in [5.74, 6) is -0.152. The Morgan fingerprint density at radius 2 is 1.95 bits per heavy atom. The second-order valence-corrected chi connectivity index (χ2v) is 4.74. The lowest BCUT2D eigenvalue weighted by atomic mass is 10.3. The van der Waals surface area contributed by atoms with E-state index in [9.17, 15) is 8.78 Å². The number of halogens is 2. The van der Waals surface area contributed by atoms with Gasteiger partial charge in [-0.25, -0.2) is 13.8 Å². The first-order valence-corrected chi connectivity index (χ1v) is 6.82. The van der Waals surface area contributed by atoms with Crippen molar-refractivity contribution in [3.8, 4) is 0 Å². The number of imidazole rings is 1. The van der Waals surface area contributed by atoms with Crippen LogP contribution in [0.5, 0.6) is 0 Å². The van der Waals surface area contributed by atoms with Crippen LogP contribution in [-0.2, 0) is 13.1 Å². The van der Waals surface area contributed by atoms with E-state index >= 15 is 0 Å². The first-order chi connectivity index (χ1) is 10.2. The highest BCUT2D eigenvalue weighted by Crippen LogP contribution is 2.19. The second-order valence-electron chi connectivity index (χ2n) is 4.74. The van der Waals surface area contributed by atoms with Gasteiger partial charge < -0.3 is 9.88 Å². The van der Waals surface area contributed by atoms with Crippen molar-refractivity contribution in [3.05, 3.63) is 59.9 Å². The number of aromatic nitrogens is 2. The molecule has 0 aliphatic rings. The number of rotatable bonds is 4. The number of aryl methyl sites for hydroxylation is 1. The van der Waals surface area contributed by atoms with Crippen molar-refractivity contribution in [2.24, 2.45) is 0 Å². The molecule has 5 heteroatoms. The third-order valence-electron chi connectivity index (χ3n) is 3.42. The number of nitrogens with zero attached hydrogens (tertiary/aromatic N) is 2. The molecule has 0 amide bonds. The molecule has 0 aliphatic carbocycles. The number of fused-ring (bicyclic) bond motifs is 1. The molecule has 2 aromatic carbocycles. The van der Waals surface area contributed by atoms with Gasteiger partial charge >= 0.3 is 0 Å². The van der Waals surface area contributed by atoms with Gasteiger partial charge in [-0.15, -0.1) is 0 Å². The summed E-state index contributed by atoms with van der Waals surface area (Å²) in [4.78, 5) is 4.53. The second kappa shape index (κ2) is 5.52. The highest BCUT2D eigenvalue weighted by molar-refractivity contribution is 5.75. The average molecular weight is 287 g/mol. The monoisotopic (exact) mass is 287 g/mol. The minimum absolute atomic E-state index is 0.143. The van der Waals surface area contributed by atoms with Crippen LogP contribution in [0, 0.1) is 11.6 Å². The van der Waals surface area contributed by atoms with Crippen molar-refractivity contribution in [1.82, 2.24) is 9.55 Å². The molecule has 0 spiro atoms. The first-order valence-electron chi connectivity index (χ1n) is 6.82. The van der Waals surface area contributed by atoms with Crippen LogP contribution >= 0.6 is 0 Å². The maximum Gasteiger partial charge on any atom is 0.146 e. The smallest absolute Gasteiger partial charge is 0.146 e. The van der Waals surface area contributed by atoms with E-state index in [1.54, 1.807) is 0 Å². The fourth-order valence-corrected chi connectivity index (χ4v) is 2.42. The summed E-state index contributed by atoms with van der Waals surface area (Å²) < 4.78 is 28.8. The van der Waals surface area contributed by atoms with Crippen molar-refractivity contribution in [2.45, 2.75) is 20.0 Å². The minimum atomic E-state index is -0.476. The number of hydrogen-bond acceptors (Lipinski definition) is 2. The van der Waals surface area contributed by atoms with E-state index in [0.717, 1.165) is 41.6 Å². The summed E-state index contributed by atoms with van der Waals surface area (Å²) in [5, 5.41) is 2.91. The van der Waals surface area contributed by atoms with Crippen LogP contribution in [0.4, 0.5) is 14.5 Å². The highest BCUT2D eigenvalue weighted by Gasteiger charge is 2.10. The molecule has 0 saturated heterocycles. The molecule has 21 heavy (non-hydrogen) atoms. The maximum atomic E-state index is 13.6. The van der Waals surface area contributed by atoms with Crippen LogP contribution in [0.1, 0.15) is 12.7 Å². The summed E-state index contributed by atoms with van der Waals surface area (Å²) in [7, 11) is 0. The molecule has 0 saturated carbocycles. The van der Waals surface area contributed by atoms with Crippen LogP contribution in [0.15, 0.2) is 42.5 Å². The fourth-order valence-electron chi connectivity index (χ4n) is 2.42. The van der Waals surface area contributed by atoms with E-state index in [-0.39, 0.29) is 5.69 Å². The molecule has 3 aromatic rings. The molecule has 3 rings (SSSR count). The van der Waals surface area contributed by atoms with Gasteiger partial charge in [-0.1, -0.05) is 12.1 Å². The Balaban J connectivity index is 1.89. The van der Waals surface area contributed by atoms with Crippen LogP contribution < -0.4 is 5.32 Å². The van der Waals surface area contributed by atoms with Gasteiger partial charge in [0, 0.05) is 6.54 Å². The van der Waals surface area contributed by atoms with Crippen molar-refractivity contribution < 1.29 is 8.78 Å². The lowest BCUT2D eigenvalue weighted by molar-refractivity contribution is 0.601. The van der Waals surface area contributed by atoms with Gasteiger partial charge in [0.1, 0.15) is 17.5 Å². The SMILES string of the molecule is CCn1c(CNc2cc(F)ccc2F)nc2ccccc21. The van der Waals surface area contributed by atoms with Gasteiger partial charge in [-0.2, -0.15) is 0 Å². The van der Waals surface area contributed by atoms with Crippen LogP contribution in [-0.4, -0.2) is 9.55 Å². The lowest BCUT2D eigenvalue weighted by Gasteiger charge is -2.09.